The van der Waals surface area contributed by atoms with Crippen molar-refractivity contribution in [2.75, 3.05) is 4.90 Å². The molecule has 0 fully saturated rings. The van der Waals surface area contributed by atoms with Gasteiger partial charge in [0.05, 0.1) is 5.69 Å². The summed E-state index contributed by atoms with van der Waals surface area (Å²) in [5.41, 5.74) is 13.0. The summed E-state index contributed by atoms with van der Waals surface area (Å²) in [6.45, 7) is 0. The molecule has 0 aliphatic carbocycles. The molecule has 61 heavy (non-hydrogen) atoms. The van der Waals surface area contributed by atoms with E-state index in [1.807, 2.05) is 22.7 Å². The molecule has 0 atom stereocenters. The van der Waals surface area contributed by atoms with Crippen LogP contribution in [0, 0.1) is 0 Å². The van der Waals surface area contributed by atoms with Crippen molar-refractivity contribution in [3.63, 3.8) is 0 Å². The minimum absolute atomic E-state index is 1.10. The number of nitrogens with zero attached hydrogens (tertiary/aromatic N) is 1. The second-order valence-corrected chi connectivity index (χ2v) is 17.8. The summed E-state index contributed by atoms with van der Waals surface area (Å²) in [7, 11) is 0. The zero-order valence-electron chi connectivity index (χ0n) is 33.1. The topological polar surface area (TPSA) is 3.24 Å². The van der Waals surface area contributed by atoms with Gasteiger partial charge in [0.15, 0.2) is 0 Å². The molecule has 0 saturated heterocycles. The molecule has 0 aliphatic heterocycles. The van der Waals surface area contributed by atoms with Gasteiger partial charge in [0.25, 0.3) is 0 Å². The van der Waals surface area contributed by atoms with Gasteiger partial charge in [0.1, 0.15) is 0 Å². The first-order valence-corrected chi connectivity index (χ1v) is 22.4. The van der Waals surface area contributed by atoms with E-state index in [2.05, 4.69) is 229 Å². The summed E-state index contributed by atoms with van der Waals surface area (Å²) < 4.78 is 5.26. The molecule has 2 heterocycles. The van der Waals surface area contributed by atoms with E-state index in [1.165, 1.54) is 95.6 Å². The van der Waals surface area contributed by atoms with Gasteiger partial charge in [-0.15, -0.1) is 22.7 Å². The van der Waals surface area contributed by atoms with Gasteiger partial charge in [-0.2, -0.15) is 0 Å². The SMILES string of the molecule is c1cc(-c2cccc(N(c3ccc(-c4ccc5c(c4)sc4ccccc45)cc3)c3ccccc3-c3cccc4c3sc3ccccc34)c2)cc(-c2ccc3ccccc3c2)c1. The van der Waals surface area contributed by atoms with E-state index >= 15 is 0 Å². The molecule has 10 aromatic carbocycles. The Balaban J connectivity index is 0.993. The molecule has 12 aromatic rings. The highest BCUT2D eigenvalue weighted by molar-refractivity contribution is 7.26. The van der Waals surface area contributed by atoms with Gasteiger partial charge in [-0.25, -0.2) is 0 Å². The predicted octanol–water partition coefficient (Wildman–Crippen LogP) is 17.7. The van der Waals surface area contributed by atoms with Crippen LogP contribution >= 0.6 is 22.7 Å². The Hall–Kier alpha value is -7.30. The Morgan fingerprint density at radius 2 is 0.836 bits per heavy atom. The molecular weight excluding hydrogens is 775 g/mol. The zero-order chi connectivity index (χ0) is 40.3. The largest absolute Gasteiger partial charge is 0.310 e. The third kappa shape index (κ3) is 6.29. The predicted molar refractivity (Wildman–Crippen MR) is 266 cm³/mol. The molecule has 0 amide bonds. The smallest absolute Gasteiger partial charge is 0.0540 e. The molecule has 12 rings (SSSR count). The van der Waals surface area contributed by atoms with Crippen LogP contribution in [0.3, 0.4) is 0 Å². The molecule has 0 unspecified atom stereocenters. The Kier molecular flexibility index (Phi) is 8.62. The Labute approximate surface area is 362 Å². The lowest BCUT2D eigenvalue weighted by atomic mass is 9.96. The van der Waals surface area contributed by atoms with Crippen LogP contribution < -0.4 is 4.90 Å². The first-order valence-electron chi connectivity index (χ1n) is 20.7. The molecule has 0 bridgehead atoms. The standard InChI is InChI=1S/C58H37NS2/c1-2-13-40-34-44(27-26-38(40)12-1)42-15-9-14-41(35-42)43-16-10-17-47(36-43)59(46-31-28-39(29-32-46)45-30-33-51-49-19-4-7-24-55(49)60-57(51)37-45)54-23-6-3-18-48(54)52-21-11-22-53-50-20-5-8-25-56(50)61-58(52)53/h1-37H. The lowest BCUT2D eigenvalue weighted by Gasteiger charge is -2.28. The minimum Gasteiger partial charge on any atom is -0.310 e. The van der Waals surface area contributed by atoms with Gasteiger partial charge >= 0.3 is 0 Å². The van der Waals surface area contributed by atoms with Crippen molar-refractivity contribution in [2.45, 2.75) is 0 Å². The van der Waals surface area contributed by atoms with E-state index in [9.17, 15) is 0 Å². The first-order chi connectivity index (χ1) is 30.2. The lowest BCUT2D eigenvalue weighted by Crippen LogP contribution is -2.11. The second-order valence-electron chi connectivity index (χ2n) is 15.7. The van der Waals surface area contributed by atoms with E-state index in [4.69, 9.17) is 0 Å². The summed E-state index contributed by atoms with van der Waals surface area (Å²) in [4.78, 5) is 2.44. The molecule has 0 N–H and O–H groups in total. The quantitative estimate of drug-likeness (QED) is 0.155. The molecule has 3 heteroatoms. The number of fused-ring (bicyclic) bond motifs is 7. The fourth-order valence-corrected chi connectivity index (χ4v) is 11.4. The van der Waals surface area contributed by atoms with E-state index in [-0.39, 0.29) is 0 Å². The van der Waals surface area contributed by atoms with Crippen LogP contribution in [-0.2, 0) is 0 Å². The van der Waals surface area contributed by atoms with Crippen molar-refractivity contribution >= 4 is 90.9 Å². The maximum Gasteiger partial charge on any atom is 0.0540 e. The van der Waals surface area contributed by atoms with Gasteiger partial charge in [0.2, 0.25) is 0 Å². The Morgan fingerprint density at radius 3 is 1.67 bits per heavy atom. The van der Waals surface area contributed by atoms with Gasteiger partial charge < -0.3 is 4.90 Å². The molecule has 1 nitrogen and oxygen atoms in total. The van der Waals surface area contributed by atoms with Crippen LogP contribution in [0.5, 0.6) is 0 Å². The number of rotatable bonds is 7. The van der Waals surface area contributed by atoms with Crippen LogP contribution in [0.15, 0.2) is 224 Å². The number of thiophene rings is 2. The highest BCUT2D eigenvalue weighted by Crippen LogP contribution is 2.47. The Morgan fingerprint density at radius 1 is 0.279 bits per heavy atom. The van der Waals surface area contributed by atoms with Crippen LogP contribution in [-0.4, -0.2) is 0 Å². The lowest BCUT2D eigenvalue weighted by molar-refractivity contribution is 1.28. The number of anilines is 3. The number of benzene rings is 10. The molecule has 2 aromatic heterocycles. The average Bonchev–Trinajstić information content (AvgIpc) is 3.90. The van der Waals surface area contributed by atoms with Crippen LogP contribution in [0.1, 0.15) is 0 Å². The third-order valence-electron chi connectivity index (χ3n) is 12.1. The van der Waals surface area contributed by atoms with E-state index in [0.717, 1.165) is 17.1 Å². The molecule has 0 aliphatic rings. The fourth-order valence-electron chi connectivity index (χ4n) is 9.06. The van der Waals surface area contributed by atoms with Crippen LogP contribution in [0.4, 0.5) is 17.1 Å². The number of para-hydroxylation sites is 1. The van der Waals surface area contributed by atoms with Crippen molar-refractivity contribution in [1.82, 2.24) is 0 Å². The highest BCUT2D eigenvalue weighted by atomic mass is 32.1. The van der Waals surface area contributed by atoms with Crippen molar-refractivity contribution in [3.05, 3.63) is 224 Å². The molecule has 0 spiro atoms. The summed E-state index contributed by atoms with van der Waals surface area (Å²) in [5, 5.41) is 7.76. The molecule has 286 valence electrons. The summed E-state index contributed by atoms with van der Waals surface area (Å²) in [6.07, 6.45) is 0. The normalized spacial score (nSPS) is 11.6. The molecule has 0 radical (unpaired) electrons. The summed E-state index contributed by atoms with van der Waals surface area (Å²) in [5.74, 6) is 0. The third-order valence-corrected chi connectivity index (χ3v) is 14.4. The minimum atomic E-state index is 1.10. The number of hydrogen-bond donors (Lipinski definition) is 0. The van der Waals surface area contributed by atoms with Crippen molar-refractivity contribution in [3.8, 4) is 44.5 Å². The average molecular weight is 812 g/mol. The van der Waals surface area contributed by atoms with Crippen LogP contribution in [0.25, 0.3) is 95.6 Å². The maximum absolute atomic E-state index is 2.44. The first kappa shape index (κ1) is 35.6. The van der Waals surface area contributed by atoms with Crippen molar-refractivity contribution in [2.24, 2.45) is 0 Å². The Bertz CT molecular complexity index is 3610. The molecular formula is C58H37NS2. The van der Waals surface area contributed by atoms with Gasteiger partial charge in [-0.05, 0) is 105 Å². The van der Waals surface area contributed by atoms with Crippen molar-refractivity contribution in [1.29, 1.82) is 0 Å². The van der Waals surface area contributed by atoms with Gasteiger partial charge in [-0.3, -0.25) is 0 Å². The summed E-state index contributed by atoms with van der Waals surface area (Å²) in [6, 6.07) is 82.5. The van der Waals surface area contributed by atoms with Gasteiger partial charge in [0, 0.05) is 62.8 Å². The number of hydrogen-bond acceptors (Lipinski definition) is 3. The zero-order valence-corrected chi connectivity index (χ0v) is 34.8. The van der Waals surface area contributed by atoms with Gasteiger partial charge in [-0.1, -0.05) is 164 Å². The fraction of sp³-hybridized carbons (Fsp3) is 0. The summed E-state index contributed by atoms with van der Waals surface area (Å²) >= 11 is 3.74. The maximum atomic E-state index is 2.44. The van der Waals surface area contributed by atoms with Crippen molar-refractivity contribution < 1.29 is 0 Å². The monoisotopic (exact) mass is 811 g/mol. The van der Waals surface area contributed by atoms with E-state index in [0.29, 0.717) is 0 Å². The van der Waals surface area contributed by atoms with Crippen LogP contribution in [0.2, 0.25) is 0 Å². The second kappa shape index (κ2) is 14.8. The van der Waals surface area contributed by atoms with E-state index < -0.39 is 0 Å². The van der Waals surface area contributed by atoms with E-state index in [1.54, 1.807) is 0 Å². The highest BCUT2D eigenvalue weighted by Gasteiger charge is 2.20. The molecule has 0 saturated carbocycles.